The lowest BCUT2D eigenvalue weighted by molar-refractivity contribution is -0.139. The molecular formula is C18H19F3N4O2. The van der Waals surface area contributed by atoms with Crippen LogP contribution in [-0.4, -0.2) is 11.1 Å². The van der Waals surface area contributed by atoms with E-state index in [-0.39, 0.29) is 16.7 Å². The van der Waals surface area contributed by atoms with E-state index in [9.17, 15) is 23.1 Å². The van der Waals surface area contributed by atoms with Crippen LogP contribution in [0.5, 0.6) is 0 Å². The Balaban J connectivity index is 2.02. The predicted molar refractivity (Wildman–Crippen MR) is 90.7 cm³/mol. The third-order valence-corrected chi connectivity index (χ3v) is 5.03. The number of aliphatic carboxylic acids is 1. The number of hydrogen-bond acceptors (Lipinski definition) is 5. The molecule has 1 aromatic rings. The van der Waals surface area contributed by atoms with Crippen LogP contribution in [0.1, 0.15) is 55.7 Å². The monoisotopic (exact) mass is 380 g/mol. The maximum absolute atomic E-state index is 13.6. The van der Waals surface area contributed by atoms with Crippen molar-refractivity contribution in [1.82, 2.24) is 0 Å². The van der Waals surface area contributed by atoms with Crippen LogP contribution in [0.4, 0.5) is 13.2 Å². The number of hydrogen-bond donors (Lipinski definition) is 1. The van der Waals surface area contributed by atoms with Gasteiger partial charge < -0.3 is 5.11 Å². The van der Waals surface area contributed by atoms with Gasteiger partial charge in [-0.05, 0) is 41.3 Å². The summed E-state index contributed by atoms with van der Waals surface area (Å²) in [6.07, 6.45) is 1.63. The van der Waals surface area contributed by atoms with Crippen molar-refractivity contribution in [3.05, 3.63) is 41.0 Å². The molecular weight excluding hydrogens is 361 g/mol. The third-order valence-electron chi connectivity index (χ3n) is 5.03. The zero-order valence-electron chi connectivity index (χ0n) is 14.7. The molecule has 0 aromatic heterocycles. The van der Waals surface area contributed by atoms with Crippen LogP contribution in [-0.2, 0) is 16.6 Å². The molecule has 1 aromatic carbocycles. The van der Waals surface area contributed by atoms with Crippen molar-refractivity contribution in [2.45, 2.75) is 50.9 Å². The average Bonchev–Trinajstić information content (AvgIpc) is 3.26. The third kappa shape index (κ3) is 4.06. The minimum absolute atomic E-state index is 0.00652. The number of carbonyl (C=O) groups is 1. The summed E-state index contributed by atoms with van der Waals surface area (Å²) in [6.45, 7) is 1.37. The summed E-state index contributed by atoms with van der Waals surface area (Å²) >= 11 is 0. The molecule has 27 heavy (non-hydrogen) atoms. The molecule has 0 amide bonds. The highest BCUT2D eigenvalue weighted by molar-refractivity contribution is 6.15. The summed E-state index contributed by atoms with van der Waals surface area (Å²) in [5.41, 5.74) is -2.90. The van der Waals surface area contributed by atoms with Crippen molar-refractivity contribution in [1.29, 1.82) is 0 Å². The van der Waals surface area contributed by atoms with Gasteiger partial charge in [0.2, 0.25) is 5.66 Å². The van der Waals surface area contributed by atoms with E-state index in [1.165, 1.54) is 25.1 Å². The number of allylic oxidation sites excluding steroid dienone is 1. The van der Waals surface area contributed by atoms with Crippen LogP contribution in [0, 0.1) is 5.92 Å². The van der Waals surface area contributed by atoms with Crippen LogP contribution in [0.15, 0.2) is 45.0 Å². The minimum Gasteiger partial charge on any atom is -0.478 e. The van der Waals surface area contributed by atoms with E-state index in [1.54, 1.807) is 0 Å². The summed E-state index contributed by atoms with van der Waals surface area (Å²) in [5, 5.41) is 23.5. The Morgan fingerprint density at radius 2 is 1.89 bits per heavy atom. The van der Waals surface area contributed by atoms with E-state index in [1.807, 2.05) is 0 Å². The maximum Gasteiger partial charge on any atom is 0.416 e. The van der Waals surface area contributed by atoms with Crippen LogP contribution in [0.25, 0.3) is 5.57 Å². The summed E-state index contributed by atoms with van der Waals surface area (Å²) < 4.78 is 40.9. The Morgan fingerprint density at radius 1 is 1.26 bits per heavy atom. The van der Waals surface area contributed by atoms with Gasteiger partial charge >= 0.3 is 12.1 Å². The van der Waals surface area contributed by atoms with Gasteiger partial charge in [-0.1, -0.05) is 43.9 Å². The molecule has 144 valence electrons. The molecule has 0 unspecified atom stereocenters. The lowest BCUT2D eigenvalue weighted by Crippen LogP contribution is -2.21. The highest BCUT2D eigenvalue weighted by atomic mass is 19.4. The van der Waals surface area contributed by atoms with Crippen LogP contribution in [0.3, 0.4) is 0 Å². The molecule has 9 heteroatoms. The van der Waals surface area contributed by atoms with Crippen molar-refractivity contribution in [3.8, 4) is 0 Å². The summed E-state index contributed by atoms with van der Waals surface area (Å²) in [6, 6.07) is 3.40. The lowest BCUT2D eigenvalue weighted by Gasteiger charge is -2.21. The zero-order valence-corrected chi connectivity index (χ0v) is 14.7. The molecule has 1 saturated carbocycles. The molecule has 1 aliphatic heterocycles. The number of rotatable bonds is 5. The van der Waals surface area contributed by atoms with Gasteiger partial charge in [0.1, 0.15) is 0 Å². The van der Waals surface area contributed by atoms with Gasteiger partial charge in [-0.3, -0.25) is 0 Å². The molecule has 6 nitrogen and oxygen atoms in total. The van der Waals surface area contributed by atoms with Gasteiger partial charge in [0.05, 0.1) is 11.1 Å². The van der Waals surface area contributed by atoms with E-state index in [0.29, 0.717) is 12.3 Å². The SMILES string of the molecule is CC1(c2ccc(/C(=C\CC3CCCC3)C(=O)O)cc2C(F)(F)F)N=NN=N1. The number of carboxylic acids is 1. The van der Waals surface area contributed by atoms with E-state index in [0.717, 1.165) is 31.7 Å². The van der Waals surface area contributed by atoms with Crippen molar-refractivity contribution >= 4 is 11.5 Å². The average molecular weight is 380 g/mol. The standard InChI is InChI=1S/C18H19F3N4O2/c1-17(22-24-25-23-17)14-9-7-12(10-15(14)18(19,20)21)13(16(26)27)8-6-11-4-2-3-5-11/h7-11H,2-6H2,1H3,(H,26,27)/b13-8+. The first-order valence-corrected chi connectivity index (χ1v) is 8.70. The molecule has 1 aliphatic carbocycles. The topological polar surface area (TPSA) is 86.7 Å². The quantitative estimate of drug-likeness (QED) is 0.658. The number of halogens is 3. The van der Waals surface area contributed by atoms with Crippen molar-refractivity contribution in [2.75, 3.05) is 0 Å². The molecule has 3 rings (SSSR count). The minimum atomic E-state index is -4.70. The molecule has 0 atom stereocenters. The molecule has 0 radical (unpaired) electrons. The second-order valence-electron chi connectivity index (χ2n) is 6.97. The fourth-order valence-electron chi connectivity index (χ4n) is 3.56. The molecule has 1 heterocycles. The highest BCUT2D eigenvalue weighted by Gasteiger charge is 2.41. The zero-order chi connectivity index (χ0) is 19.7. The van der Waals surface area contributed by atoms with Crippen LogP contribution >= 0.6 is 0 Å². The summed E-state index contributed by atoms with van der Waals surface area (Å²) in [5.74, 6) is -0.862. The number of nitrogens with zero attached hydrogens (tertiary/aromatic N) is 4. The van der Waals surface area contributed by atoms with Gasteiger partial charge in [-0.2, -0.15) is 13.2 Å². The number of alkyl halides is 3. The molecule has 0 spiro atoms. The van der Waals surface area contributed by atoms with Gasteiger partial charge in [-0.15, -0.1) is 10.2 Å². The normalized spacial score (nSPS) is 19.8. The Morgan fingerprint density at radius 3 is 2.44 bits per heavy atom. The first-order chi connectivity index (χ1) is 12.7. The van der Waals surface area contributed by atoms with E-state index >= 15 is 0 Å². The largest absolute Gasteiger partial charge is 0.478 e. The van der Waals surface area contributed by atoms with E-state index < -0.39 is 23.4 Å². The molecule has 2 aliphatic rings. The number of benzene rings is 1. The lowest BCUT2D eigenvalue weighted by atomic mass is 9.91. The fraction of sp³-hybridized carbons (Fsp3) is 0.500. The van der Waals surface area contributed by atoms with Gasteiger partial charge in [0, 0.05) is 5.56 Å². The molecule has 0 saturated heterocycles. The second-order valence-corrected chi connectivity index (χ2v) is 6.97. The Hall–Kier alpha value is -2.58. The predicted octanol–water partition coefficient (Wildman–Crippen LogP) is 5.76. The fourth-order valence-corrected chi connectivity index (χ4v) is 3.56. The Bertz CT molecular complexity index is 812. The van der Waals surface area contributed by atoms with E-state index in [4.69, 9.17) is 0 Å². The van der Waals surface area contributed by atoms with Crippen molar-refractivity contribution < 1.29 is 23.1 Å². The van der Waals surface area contributed by atoms with Crippen LogP contribution in [0.2, 0.25) is 0 Å². The first kappa shape index (κ1) is 19.2. The summed E-state index contributed by atoms with van der Waals surface area (Å²) in [7, 11) is 0. The van der Waals surface area contributed by atoms with Crippen LogP contribution < -0.4 is 0 Å². The highest BCUT2D eigenvalue weighted by Crippen LogP contribution is 2.42. The smallest absolute Gasteiger partial charge is 0.416 e. The Labute approximate surface area is 153 Å². The van der Waals surface area contributed by atoms with Crippen molar-refractivity contribution in [3.63, 3.8) is 0 Å². The van der Waals surface area contributed by atoms with Gasteiger partial charge in [0.15, 0.2) is 0 Å². The van der Waals surface area contributed by atoms with Crippen molar-refractivity contribution in [2.24, 2.45) is 26.6 Å². The summed E-state index contributed by atoms with van der Waals surface area (Å²) in [4.78, 5) is 11.7. The van der Waals surface area contributed by atoms with Gasteiger partial charge in [0.25, 0.3) is 0 Å². The Kier molecular flexibility index (Phi) is 5.12. The van der Waals surface area contributed by atoms with Gasteiger partial charge in [-0.25, -0.2) is 4.79 Å². The molecule has 0 bridgehead atoms. The first-order valence-electron chi connectivity index (χ1n) is 8.70. The van der Waals surface area contributed by atoms with E-state index in [2.05, 4.69) is 20.7 Å². The second kappa shape index (κ2) is 7.21. The molecule has 1 N–H and O–H groups in total. The molecule has 1 fully saturated rings. The number of carboxylic acid groups (broad SMARTS) is 1. The maximum atomic E-state index is 13.6.